The molecule has 0 saturated carbocycles. The molecule has 1 amide bonds. The number of aromatic nitrogens is 2. The minimum Gasteiger partial charge on any atom is -0.347 e. The van der Waals surface area contributed by atoms with Crippen LogP contribution in [0.2, 0.25) is 0 Å². The Morgan fingerprint density at radius 2 is 1.86 bits per heavy atom. The Hall–Kier alpha value is -1.88. The first kappa shape index (κ1) is 15.5. The van der Waals surface area contributed by atoms with Gasteiger partial charge >= 0.3 is 0 Å². The van der Waals surface area contributed by atoms with Crippen molar-refractivity contribution in [3.63, 3.8) is 0 Å². The summed E-state index contributed by atoms with van der Waals surface area (Å²) in [6.45, 7) is 4.15. The number of hydrogen-bond acceptors (Lipinski definition) is 4. The van der Waals surface area contributed by atoms with Crippen LogP contribution in [0.4, 0.5) is 0 Å². The van der Waals surface area contributed by atoms with Crippen LogP contribution in [-0.4, -0.2) is 21.6 Å². The highest BCUT2D eigenvalue weighted by Crippen LogP contribution is 2.20. The molecule has 2 rings (SSSR count). The molecule has 0 radical (unpaired) electrons. The fourth-order valence-electron chi connectivity index (χ4n) is 1.93. The summed E-state index contributed by atoms with van der Waals surface area (Å²) in [6, 6.07) is 11.4. The van der Waals surface area contributed by atoms with E-state index in [1.54, 1.807) is 12.4 Å². The molecule has 0 aromatic carbocycles. The maximum absolute atomic E-state index is 12.1. The second-order valence-corrected chi connectivity index (χ2v) is 6.00. The van der Waals surface area contributed by atoms with E-state index in [1.807, 2.05) is 36.4 Å². The first-order valence-corrected chi connectivity index (χ1v) is 7.89. The van der Waals surface area contributed by atoms with Crippen LogP contribution in [0.3, 0.4) is 0 Å². The van der Waals surface area contributed by atoms with E-state index in [0.29, 0.717) is 5.75 Å². The van der Waals surface area contributed by atoms with E-state index < -0.39 is 0 Å². The molecule has 0 aliphatic carbocycles. The van der Waals surface area contributed by atoms with Crippen LogP contribution in [0.5, 0.6) is 0 Å². The van der Waals surface area contributed by atoms with Crippen molar-refractivity contribution in [1.82, 2.24) is 15.3 Å². The van der Waals surface area contributed by atoms with E-state index in [9.17, 15) is 4.79 Å². The molecule has 0 bridgehead atoms. The molecule has 2 aromatic rings. The molecular weight excluding hydrogens is 282 g/mol. The lowest BCUT2D eigenvalue weighted by Crippen LogP contribution is -2.33. The Balaban J connectivity index is 1.93. The normalized spacial score (nSPS) is 12.1. The molecule has 4 nitrogen and oxygen atoms in total. The summed E-state index contributed by atoms with van der Waals surface area (Å²) in [5.74, 6) is 0.631. The quantitative estimate of drug-likeness (QED) is 0.833. The van der Waals surface area contributed by atoms with Crippen molar-refractivity contribution >= 4 is 17.7 Å². The third-order valence-electron chi connectivity index (χ3n) is 2.98. The van der Waals surface area contributed by atoms with Gasteiger partial charge in [-0.25, -0.2) is 4.98 Å². The first-order valence-electron chi connectivity index (χ1n) is 6.91. The summed E-state index contributed by atoms with van der Waals surface area (Å²) in [7, 11) is 0. The van der Waals surface area contributed by atoms with E-state index in [1.165, 1.54) is 11.8 Å². The molecule has 0 unspecified atom stereocenters. The summed E-state index contributed by atoms with van der Waals surface area (Å²) >= 11 is 1.43. The van der Waals surface area contributed by atoms with Crippen molar-refractivity contribution in [2.45, 2.75) is 24.9 Å². The van der Waals surface area contributed by atoms with Crippen LogP contribution in [0.15, 0.2) is 53.8 Å². The van der Waals surface area contributed by atoms with Gasteiger partial charge < -0.3 is 5.32 Å². The van der Waals surface area contributed by atoms with Crippen molar-refractivity contribution in [3.05, 3.63) is 54.5 Å². The molecule has 0 saturated heterocycles. The molecular formula is C16H19N3OS. The van der Waals surface area contributed by atoms with Gasteiger partial charge in [-0.2, -0.15) is 0 Å². The van der Waals surface area contributed by atoms with Crippen LogP contribution < -0.4 is 5.32 Å². The third-order valence-corrected chi connectivity index (χ3v) is 3.92. The summed E-state index contributed by atoms with van der Waals surface area (Å²) in [5.41, 5.74) is 0.892. The number of thioether (sulfide) groups is 1. The van der Waals surface area contributed by atoms with Crippen LogP contribution in [0.1, 0.15) is 25.6 Å². The van der Waals surface area contributed by atoms with Crippen molar-refractivity contribution in [2.24, 2.45) is 5.92 Å². The van der Waals surface area contributed by atoms with Gasteiger partial charge in [0.2, 0.25) is 5.91 Å². The maximum Gasteiger partial charge on any atom is 0.230 e. The number of pyridine rings is 2. The van der Waals surface area contributed by atoms with E-state index in [-0.39, 0.29) is 17.9 Å². The Labute approximate surface area is 129 Å². The van der Waals surface area contributed by atoms with Gasteiger partial charge in [-0.15, -0.1) is 0 Å². The van der Waals surface area contributed by atoms with Crippen molar-refractivity contribution in [1.29, 1.82) is 0 Å². The SMILES string of the molecule is CC(C)[C@@H](NC(=O)CSc1ccccn1)c1ccccn1. The van der Waals surface area contributed by atoms with E-state index >= 15 is 0 Å². The van der Waals surface area contributed by atoms with Crippen LogP contribution >= 0.6 is 11.8 Å². The smallest absolute Gasteiger partial charge is 0.230 e. The predicted octanol–water partition coefficient (Wildman–Crippen LogP) is 3.08. The highest BCUT2D eigenvalue weighted by Gasteiger charge is 2.19. The number of carbonyl (C=O) groups excluding carboxylic acids is 1. The molecule has 110 valence electrons. The lowest BCUT2D eigenvalue weighted by molar-refractivity contribution is -0.119. The number of hydrogen-bond donors (Lipinski definition) is 1. The molecule has 5 heteroatoms. The largest absolute Gasteiger partial charge is 0.347 e. The molecule has 2 heterocycles. The van der Waals surface area contributed by atoms with Crippen LogP contribution in [0.25, 0.3) is 0 Å². The van der Waals surface area contributed by atoms with Gasteiger partial charge in [0.15, 0.2) is 0 Å². The average molecular weight is 301 g/mol. The molecule has 0 aliphatic rings. The van der Waals surface area contributed by atoms with Gasteiger partial charge in [0, 0.05) is 12.4 Å². The molecule has 0 spiro atoms. The molecule has 0 aliphatic heterocycles. The lowest BCUT2D eigenvalue weighted by Gasteiger charge is -2.21. The van der Waals surface area contributed by atoms with Gasteiger partial charge in [-0.3, -0.25) is 9.78 Å². The highest BCUT2D eigenvalue weighted by atomic mass is 32.2. The van der Waals surface area contributed by atoms with E-state index in [0.717, 1.165) is 10.7 Å². The van der Waals surface area contributed by atoms with Crippen molar-refractivity contribution < 1.29 is 4.79 Å². The van der Waals surface area contributed by atoms with E-state index in [4.69, 9.17) is 0 Å². The lowest BCUT2D eigenvalue weighted by atomic mass is 10.0. The van der Waals surface area contributed by atoms with Crippen molar-refractivity contribution in [2.75, 3.05) is 5.75 Å². The summed E-state index contributed by atoms with van der Waals surface area (Å²) in [5, 5.41) is 3.91. The number of carbonyl (C=O) groups is 1. The number of nitrogens with one attached hydrogen (secondary N) is 1. The van der Waals surface area contributed by atoms with Gasteiger partial charge in [0.1, 0.15) is 0 Å². The second-order valence-electron chi connectivity index (χ2n) is 5.00. The zero-order chi connectivity index (χ0) is 15.1. The highest BCUT2D eigenvalue weighted by molar-refractivity contribution is 7.99. The van der Waals surface area contributed by atoms with Gasteiger partial charge in [0.05, 0.1) is 22.5 Å². The first-order chi connectivity index (χ1) is 10.2. The second kappa shape index (κ2) is 7.78. The Morgan fingerprint density at radius 1 is 1.14 bits per heavy atom. The predicted molar refractivity (Wildman–Crippen MR) is 84.9 cm³/mol. The number of amides is 1. The summed E-state index contributed by atoms with van der Waals surface area (Å²) < 4.78 is 0. The number of rotatable bonds is 6. The minimum absolute atomic E-state index is 0.00462. The van der Waals surface area contributed by atoms with Gasteiger partial charge in [-0.1, -0.05) is 37.7 Å². The van der Waals surface area contributed by atoms with Gasteiger partial charge in [-0.05, 0) is 30.2 Å². The van der Waals surface area contributed by atoms with Crippen LogP contribution in [-0.2, 0) is 4.79 Å². The zero-order valence-corrected chi connectivity index (χ0v) is 13.0. The summed E-state index contributed by atoms with van der Waals surface area (Å²) in [4.78, 5) is 20.6. The summed E-state index contributed by atoms with van der Waals surface area (Å²) in [6.07, 6.45) is 3.48. The maximum atomic E-state index is 12.1. The molecule has 21 heavy (non-hydrogen) atoms. The topological polar surface area (TPSA) is 54.9 Å². The monoisotopic (exact) mass is 301 g/mol. The van der Waals surface area contributed by atoms with Crippen molar-refractivity contribution in [3.8, 4) is 0 Å². The molecule has 0 fully saturated rings. The molecule has 1 N–H and O–H groups in total. The minimum atomic E-state index is -0.0666. The van der Waals surface area contributed by atoms with Gasteiger partial charge in [0.25, 0.3) is 0 Å². The van der Waals surface area contributed by atoms with E-state index in [2.05, 4.69) is 29.1 Å². The molecule has 1 atom stereocenters. The average Bonchev–Trinajstić information content (AvgIpc) is 2.52. The van der Waals surface area contributed by atoms with Crippen LogP contribution in [0, 0.1) is 5.92 Å². The Bertz CT molecular complexity index is 560. The zero-order valence-electron chi connectivity index (χ0n) is 12.2. The Kier molecular flexibility index (Phi) is 5.75. The fraction of sp³-hybridized carbons (Fsp3) is 0.312. The Morgan fingerprint density at radius 3 is 2.43 bits per heavy atom. The number of nitrogens with zero attached hydrogens (tertiary/aromatic N) is 2. The third kappa shape index (κ3) is 4.86. The standard InChI is InChI=1S/C16H19N3OS/c1-12(2)16(13-7-3-5-9-17-13)19-14(20)11-21-15-8-4-6-10-18-15/h3-10,12,16H,11H2,1-2H3,(H,19,20)/t16-/m1/s1. The fourth-order valence-corrected chi connectivity index (χ4v) is 2.60. The molecule has 2 aromatic heterocycles.